The van der Waals surface area contributed by atoms with E-state index in [1.54, 1.807) is 11.1 Å². The fourth-order valence-electron chi connectivity index (χ4n) is 5.57. The van der Waals surface area contributed by atoms with E-state index in [2.05, 4.69) is 78.0 Å². The van der Waals surface area contributed by atoms with Gasteiger partial charge in [-0.3, -0.25) is 0 Å². The molecule has 2 rings (SSSR count). The van der Waals surface area contributed by atoms with Gasteiger partial charge >= 0.3 is 0 Å². The number of hydrogen-bond donors (Lipinski definition) is 0. The van der Waals surface area contributed by atoms with Crippen LogP contribution in [0.1, 0.15) is 121 Å². The van der Waals surface area contributed by atoms with Crippen LogP contribution in [0.25, 0.3) is 0 Å². The lowest BCUT2D eigenvalue weighted by molar-refractivity contribution is -0.139. The minimum Gasteiger partial charge on any atom is -0.353 e. The third-order valence-corrected chi connectivity index (χ3v) is 9.21. The number of hydrogen-bond acceptors (Lipinski definition) is 4. The molecule has 2 atom stereocenters. The first kappa shape index (κ1) is 36.8. The van der Waals surface area contributed by atoms with E-state index in [1.165, 1.54) is 25.7 Å². The summed E-state index contributed by atoms with van der Waals surface area (Å²) in [6.45, 7) is 24.9. The van der Waals surface area contributed by atoms with E-state index in [9.17, 15) is 0 Å². The Labute approximate surface area is 248 Å². The second kappa shape index (κ2) is 19.8. The second-order valence-corrected chi connectivity index (χ2v) is 12.3. The van der Waals surface area contributed by atoms with E-state index >= 15 is 0 Å². The van der Waals surface area contributed by atoms with E-state index in [0.717, 1.165) is 63.9 Å². The lowest BCUT2D eigenvalue weighted by Gasteiger charge is -2.28. The van der Waals surface area contributed by atoms with Crippen molar-refractivity contribution in [3.05, 3.63) is 47.6 Å². The summed E-state index contributed by atoms with van der Waals surface area (Å²) in [5.74, 6) is 1.52. The molecule has 0 aromatic carbocycles. The Morgan fingerprint density at radius 2 is 0.950 bits per heavy atom. The molecule has 2 aliphatic rings. The Kier molecular flexibility index (Phi) is 18.3. The molecule has 0 fully saturated rings. The molecule has 0 saturated heterocycles. The Hall–Kier alpha value is -1.20. The van der Waals surface area contributed by atoms with Crippen LogP contribution in [0, 0.1) is 22.7 Å². The largest absolute Gasteiger partial charge is 0.353 e. The Bertz CT molecular complexity index is 711. The lowest BCUT2D eigenvalue weighted by Crippen LogP contribution is -2.19. The molecule has 0 spiro atoms. The molecule has 2 unspecified atom stereocenters. The molecule has 0 heterocycles. The van der Waals surface area contributed by atoms with Crippen molar-refractivity contribution in [3.63, 3.8) is 0 Å². The van der Waals surface area contributed by atoms with Crippen molar-refractivity contribution in [3.8, 4) is 0 Å². The van der Waals surface area contributed by atoms with E-state index in [0.29, 0.717) is 10.8 Å². The van der Waals surface area contributed by atoms with Gasteiger partial charge in [0.2, 0.25) is 0 Å². The summed E-state index contributed by atoms with van der Waals surface area (Å²) >= 11 is 0. The Balaban J connectivity index is 0.000000400. The van der Waals surface area contributed by atoms with Crippen molar-refractivity contribution in [2.75, 3.05) is 26.4 Å². The maximum Gasteiger partial charge on any atom is 0.157 e. The molecular formula is C36H64O4. The summed E-state index contributed by atoms with van der Waals surface area (Å²) in [6, 6.07) is 0. The van der Waals surface area contributed by atoms with E-state index in [4.69, 9.17) is 18.9 Å². The van der Waals surface area contributed by atoms with Gasteiger partial charge in [-0.25, -0.2) is 0 Å². The van der Waals surface area contributed by atoms with Gasteiger partial charge in [-0.1, -0.05) is 75.3 Å². The van der Waals surface area contributed by atoms with Crippen molar-refractivity contribution in [2.24, 2.45) is 22.7 Å². The summed E-state index contributed by atoms with van der Waals surface area (Å²) in [4.78, 5) is 0. The van der Waals surface area contributed by atoms with Gasteiger partial charge in [0, 0.05) is 39.3 Å². The van der Waals surface area contributed by atoms with Gasteiger partial charge in [0.05, 0.1) is 0 Å². The van der Waals surface area contributed by atoms with Crippen molar-refractivity contribution in [1.82, 2.24) is 0 Å². The number of rotatable bonds is 18. The molecule has 4 heteroatoms. The van der Waals surface area contributed by atoms with Crippen LogP contribution in [0.2, 0.25) is 0 Å². The smallest absolute Gasteiger partial charge is 0.157 e. The molecule has 0 aliphatic heterocycles. The summed E-state index contributed by atoms with van der Waals surface area (Å²) in [5.41, 5.74) is 3.82. The van der Waals surface area contributed by atoms with E-state index < -0.39 is 0 Å². The molecule has 0 amide bonds. The quantitative estimate of drug-likeness (QED) is 0.123. The zero-order chi connectivity index (χ0) is 30.0. The normalized spacial score (nSPS) is 21.9. The topological polar surface area (TPSA) is 36.9 Å². The molecule has 0 aromatic heterocycles. The summed E-state index contributed by atoms with van der Waals surface area (Å²) in [7, 11) is 0. The predicted octanol–water partition coefficient (Wildman–Crippen LogP) is 10.2. The van der Waals surface area contributed by atoms with Crippen molar-refractivity contribution in [1.29, 1.82) is 0 Å². The van der Waals surface area contributed by atoms with Crippen LogP contribution in [0.3, 0.4) is 0 Å². The molecule has 0 saturated carbocycles. The number of ether oxygens (including phenoxy) is 4. The lowest BCUT2D eigenvalue weighted by atomic mass is 9.76. The molecule has 0 radical (unpaired) electrons. The van der Waals surface area contributed by atoms with Gasteiger partial charge in [-0.15, -0.1) is 0 Å². The standard InChI is InChI=1S/2C18H32O2/c2*1-6-19-17(20-7-2)12-10-8-9-11-16-14-13-15(3)18(16,4)5/h2*8-9,13,16-17H,6-7,10-12,14H2,1-5H3. The van der Waals surface area contributed by atoms with Gasteiger partial charge < -0.3 is 18.9 Å². The first-order chi connectivity index (χ1) is 19.0. The SMILES string of the molecule is CCOC(CCC=CCC1CC=C(C)C1(C)C)OCC.CCOC(CCC=CCC1CC=C(C)C1(C)C)OCC. The fraction of sp³-hybridized carbons (Fsp3) is 0.778. The highest BCUT2D eigenvalue weighted by Gasteiger charge is 2.34. The summed E-state index contributed by atoms with van der Waals surface area (Å²) < 4.78 is 22.2. The molecule has 0 N–H and O–H groups in total. The predicted molar refractivity (Wildman–Crippen MR) is 171 cm³/mol. The van der Waals surface area contributed by atoms with Crippen LogP contribution < -0.4 is 0 Å². The molecule has 0 aromatic rings. The van der Waals surface area contributed by atoms with E-state index in [-0.39, 0.29) is 12.6 Å². The van der Waals surface area contributed by atoms with Crippen LogP contribution >= 0.6 is 0 Å². The summed E-state index contributed by atoms with van der Waals surface area (Å²) in [6.07, 6.45) is 22.7. The first-order valence-electron chi connectivity index (χ1n) is 16.1. The van der Waals surface area contributed by atoms with Crippen LogP contribution in [0.5, 0.6) is 0 Å². The van der Waals surface area contributed by atoms with Gasteiger partial charge in [-0.05, 0) is 103 Å². The monoisotopic (exact) mass is 560 g/mol. The average molecular weight is 561 g/mol. The maximum atomic E-state index is 5.55. The van der Waals surface area contributed by atoms with Crippen LogP contribution in [-0.4, -0.2) is 39.0 Å². The van der Waals surface area contributed by atoms with Crippen LogP contribution in [0.4, 0.5) is 0 Å². The molecule has 232 valence electrons. The van der Waals surface area contributed by atoms with Gasteiger partial charge in [-0.2, -0.15) is 0 Å². The Morgan fingerprint density at radius 1 is 0.625 bits per heavy atom. The molecule has 2 aliphatic carbocycles. The highest BCUT2D eigenvalue weighted by molar-refractivity contribution is 5.19. The van der Waals surface area contributed by atoms with Gasteiger partial charge in [0.25, 0.3) is 0 Å². The molecule has 40 heavy (non-hydrogen) atoms. The van der Waals surface area contributed by atoms with Crippen molar-refractivity contribution >= 4 is 0 Å². The first-order valence-corrected chi connectivity index (χ1v) is 16.1. The average Bonchev–Trinajstić information content (AvgIpc) is 3.31. The number of allylic oxidation sites excluding steroid dienone is 8. The maximum absolute atomic E-state index is 5.55. The molecule has 0 bridgehead atoms. The zero-order valence-electron chi connectivity index (χ0n) is 27.9. The van der Waals surface area contributed by atoms with Gasteiger partial charge in [0.15, 0.2) is 12.6 Å². The van der Waals surface area contributed by atoms with Crippen LogP contribution in [-0.2, 0) is 18.9 Å². The second-order valence-electron chi connectivity index (χ2n) is 12.3. The molecular weight excluding hydrogens is 496 g/mol. The minimum absolute atomic E-state index is 0.0403. The van der Waals surface area contributed by atoms with Crippen molar-refractivity contribution in [2.45, 2.75) is 133 Å². The highest BCUT2D eigenvalue weighted by atomic mass is 16.7. The minimum atomic E-state index is -0.0403. The zero-order valence-corrected chi connectivity index (χ0v) is 27.9. The Morgan fingerprint density at radius 3 is 1.20 bits per heavy atom. The van der Waals surface area contributed by atoms with Crippen LogP contribution in [0.15, 0.2) is 47.6 Å². The fourth-order valence-corrected chi connectivity index (χ4v) is 5.57. The highest BCUT2D eigenvalue weighted by Crippen LogP contribution is 2.45. The third kappa shape index (κ3) is 12.8. The van der Waals surface area contributed by atoms with Crippen molar-refractivity contribution < 1.29 is 18.9 Å². The van der Waals surface area contributed by atoms with Gasteiger partial charge in [0.1, 0.15) is 0 Å². The van der Waals surface area contributed by atoms with E-state index in [1.807, 2.05) is 27.7 Å². The summed E-state index contributed by atoms with van der Waals surface area (Å²) in [5, 5.41) is 0. The third-order valence-electron chi connectivity index (χ3n) is 9.21. The molecule has 4 nitrogen and oxygen atoms in total.